The SMILES string of the molecule is C=CC.NC(=O)CCCc1nc2ccccc2c(=O)[nH]1.c1ccc(COC2CCCC2)cc1. The number of nitrogens with zero attached hydrogens (tertiary/aromatic N) is 1. The van der Waals surface area contributed by atoms with Crippen molar-refractivity contribution in [3.8, 4) is 0 Å². The van der Waals surface area contributed by atoms with Crippen molar-refractivity contribution < 1.29 is 9.53 Å². The summed E-state index contributed by atoms with van der Waals surface area (Å²) in [5, 5.41) is 0.575. The maximum atomic E-state index is 11.7. The molecule has 1 fully saturated rings. The summed E-state index contributed by atoms with van der Waals surface area (Å²) in [5.74, 6) is 0.253. The summed E-state index contributed by atoms with van der Waals surface area (Å²) in [5.41, 5.74) is 6.86. The van der Waals surface area contributed by atoms with E-state index in [4.69, 9.17) is 10.5 Å². The number of rotatable bonds is 7. The molecule has 2 aromatic carbocycles. The molecule has 1 aliphatic rings. The van der Waals surface area contributed by atoms with Crippen LogP contribution in [-0.4, -0.2) is 22.0 Å². The Hall–Kier alpha value is -3.25. The van der Waals surface area contributed by atoms with Crippen LogP contribution in [0.5, 0.6) is 0 Å². The van der Waals surface area contributed by atoms with Crippen LogP contribution in [0.2, 0.25) is 0 Å². The summed E-state index contributed by atoms with van der Waals surface area (Å²) in [6.45, 7) is 6.03. The van der Waals surface area contributed by atoms with E-state index in [9.17, 15) is 9.59 Å². The average Bonchev–Trinajstić information content (AvgIpc) is 3.33. The Labute approximate surface area is 195 Å². The van der Waals surface area contributed by atoms with Crippen molar-refractivity contribution in [1.29, 1.82) is 0 Å². The van der Waals surface area contributed by atoms with Crippen LogP contribution in [0.1, 0.15) is 56.8 Å². The minimum Gasteiger partial charge on any atom is -0.374 e. The molecule has 0 radical (unpaired) electrons. The molecule has 1 aliphatic carbocycles. The van der Waals surface area contributed by atoms with Crippen LogP contribution in [0.3, 0.4) is 0 Å². The number of H-pyrrole nitrogens is 1. The molecule has 176 valence electrons. The van der Waals surface area contributed by atoms with E-state index in [1.54, 1.807) is 24.3 Å². The van der Waals surface area contributed by atoms with Gasteiger partial charge in [-0.15, -0.1) is 6.58 Å². The van der Waals surface area contributed by atoms with Crippen LogP contribution in [-0.2, 0) is 22.6 Å². The van der Waals surface area contributed by atoms with E-state index in [-0.39, 0.29) is 11.5 Å². The molecule has 0 aliphatic heterocycles. The standard InChI is InChI=1S/C12H13N3O2.C12H16O.C3H6/c13-10(16)6-3-7-11-14-9-5-2-1-4-8(9)12(17)15-11;1-2-6-11(7-3-1)10-13-12-8-4-5-9-12;1-3-2/h1-2,4-5H,3,6-7H2,(H2,13,16)(H,14,15,17);1-3,6-7,12H,4-5,8-10H2;3H,1H2,2H3. The Morgan fingerprint density at radius 2 is 1.79 bits per heavy atom. The summed E-state index contributed by atoms with van der Waals surface area (Å²) < 4.78 is 5.79. The van der Waals surface area contributed by atoms with Gasteiger partial charge in [-0.2, -0.15) is 0 Å². The van der Waals surface area contributed by atoms with E-state index in [0.29, 0.717) is 42.1 Å². The van der Waals surface area contributed by atoms with Gasteiger partial charge in [0, 0.05) is 12.8 Å². The second kappa shape index (κ2) is 14.7. The second-order valence-electron chi connectivity index (χ2n) is 7.96. The molecule has 6 nitrogen and oxygen atoms in total. The minimum absolute atomic E-state index is 0.148. The number of hydrogen-bond acceptors (Lipinski definition) is 4. The van der Waals surface area contributed by atoms with Crippen molar-refractivity contribution in [3.63, 3.8) is 0 Å². The molecule has 6 heteroatoms. The van der Waals surface area contributed by atoms with Gasteiger partial charge in [0.15, 0.2) is 0 Å². The Bertz CT molecular complexity index is 1040. The third kappa shape index (κ3) is 9.83. The van der Waals surface area contributed by atoms with Crippen LogP contribution in [0.15, 0.2) is 72.0 Å². The number of nitrogens with two attached hydrogens (primary N) is 1. The number of para-hydroxylation sites is 1. The molecule has 1 aromatic heterocycles. The molecule has 0 unspecified atom stereocenters. The maximum Gasteiger partial charge on any atom is 0.258 e. The highest BCUT2D eigenvalue weighted by Gasteiger charge is 2.14. The first kappa shape index (κ1) is 26.0. The number of nitrogens with one attached hydrogen (secondary N) is 1. The fourth-order valence-corrected chi connectivity index (χ4v) is 3.53. The molecule has 0 atom stereocenters. The lowest BCUT2D eigenvalue weighted by atomic mass is 10.2. The number of aromatic amines is 1. The molecular weight excluding hydrogens is 414 g/mol. The number of carbonyl (C=O) groups is 1. The summed E-state index contributed by atoms with van der Waals surface area (Å²) in [7, 11) is 0. The lowest BCUT2D eigenvalue weighted by Gasteiger charge is -2.10. The third-order valence-corrected chi connectivity index (χ3v) is 5.13. The van der Waals surface area contributed by atoms with Gasteiger partial charge >= 0.3 is 0 Å². The van der Waals surface area contributed by atoms with Gasteiger partial charge in [-0.1, -0.05) is 61.4 Å². The quantitative estimate of drug-likeness (QED) is 0.492. The van der Waals surface area contributed by atoms with Crippen molar-refractivity contribution in [3.05, 3.63) is 89.0 Å². The van der Waals surface area contributed by atoms with Crippen molar-refractivity contribution in [2.75, 3.05) is 0 Å². The number of primary amides is 1. The van der Waals surface area contributed by atoms with Crippen LogP contribution < -0.4 is 11.3 Å². The van der Waals surface area contributed by atoms with Crippen LogP contribution >= 0.6 is 0 Å². The topological polar surface area (TPSA) is 98.1 Å². The number of hydrogen-bond donors (Lipinski definition) is 2. The van der Waals surface area contributed by atoms with E-state index in [1.165, 1.54) is 31.2 Å². The molecule has 1 heterocycles. The fraction of sp³-hybridized carbons (Fsp3) is 0.370. The van der Waals surface area contributed by atoms with E-state index in [2.05, 4.69) is 40.8 Å². The normalized spacial score (nSPS) is 12.9. The molecule has 3 aromatic rings. The third-order valence-electron chi connectivity index (χ3n) is 5.13. The molecule has 0 spiro atoms. The van der Waals surface area contributed by atoms with Crippen molar-refractivity contribution in [1.82, 2.24) is 9.97 Å². The van der Waals surface area contributed by atoms with Gasteiger partial charge in [0.1, 0.15) is 5.82 Å². The molecule has 3 N–H and O–H groups in total. The minimum atomic E-state index is -0.340. The van der Waals surface area contributed by atoms with Gasteiger partial charge in [0.05, 0.1) is 23.6 Å². The molecule has 1 saturated carbocycles. The lowest BCUT2D eigenvalue weighted by Crippen LogP contribution is -2.14. The number of aryl methyl sites for hydroxylation is 1. The lowest BCUT2D eigenvalue weighted by molar-refractivity contribution is -0.118. The monoisotopic (exact) mass is 449 g/mol. The summed E-state index contributed by atoms with van der Waals surface area (Å²) >= 11 is 0. The zero-order valence-electron chi connectivity index (χ0n) is 19.5. The number of amides is 1. The Morgan fingerprint density at radius 3 is 2.45 bits per heavy atom. The fourth-order valence-electron chi connectivity index (χ4n) is 3.53. The van der Waals surface area contributed by atoms with E-state index < -0.39 is 0 Å². The van der Waals surface area contributed by atoms with Gasteiger partial charge in [-0.05, 0) is 43.9 Å². The van der Waals surface area contributed by atoms with Crippen molar-refractivity contribution in [2.24, 2.45) is 5.73 Å². The summed E-state index contributed by atoms with van der Waals surface area (Å²) in [4.78, 5) is 29.3. The predicted octanol–water partition coefficient (Wildman–Crippen LogP) is 5.07. The Morgan fingerprint density at radius 1 is 1.15 bits per heavy atom. The maximum absolute atomic E-state index is 11.7. The van der Waals surface area contributed by atoms with Gasteiger partial charge < -0.3 is 15.5 Å². The average molecular weight is 450 g/mol. The van der Waals surface area contributed by atoms with Gasteiger partial charge in [-0.25, -0.2) is 4.98 Å². The number of ether oxygens (including phenoxy) is 1. The highest BCUT2D eigenvalue weighted by Crippen LogP contribution is 2.21. The van der Waals surface area contributed by atoms with Crippen molar-refractivity contribution in [2.45, 2.75) is 64.6 Å². The Kier molecular flexibility index (Phi) is 11.6. The van der Waals surface area contributed by atoms with E-state index in [0.717, 1.165) is 6.61 Å². The van der Waals surface area contributed by atoms with E-state index >= 15 is 0 Å². The predicted molar refractivity (Wildman–Crippen MR) is 134 cm³/mol. The van der Waals surface area contributed by atoms with Gasteiger partial charge in [0.2, 0.25) is 5.91 Å². The molecule has 0 bridgehead atoms. The molecule has 0 saturated heterocycles. The first-order chi connectivity index (χ1) is 16.0. The highest BCUT2D eigenvalue weighted by molar-refractivity contribution is 5.77. The molecule has 1 amide bonds. The number of carbonyl (C=O) groups excluding carboxylic acids is 1. The zero-order valence-corrected chi connectivity index (χ0v) is 19.5. The number of allylic oxidation sites excluding steroid dienone is 1. The Balaban J connectivity index is 0.000000214. The summed E-state index contributed by atoms with van der Waals surface area (Å²) in [6.07, 6.45) is 8.93. The number of benzene rings is 2. The van der Waals surface area contributed by atoms with Crippen LogP contribution in [0, 0.1) is 0 Å². The van der Waals surface area contributed by atoms with Gasteiger partial charge in [0.25, 0.3) is 5.56 Å². The first-order valence-electron chi connectivity index (χ1n) is 11.5. The second-order valence-corrected chi connectivity index (χ2v) is 7.96. The summed E-state index contributed by atoms with van der Waals surface area (Å²) in [6, 6.07) is 17.6. The number of aromatic nitrogens is 2. The van der Waals surface area contributed by atoms with Crippen LogP contribution in [0.25, 0.3) is 10.9 Å². The highest BCUT2D eigenvalue weighted by atomic mass is 16.5. The first-order valence-corrected chi connectivity index (χ1v) is 11.5. The van der Waals surface area contributed by atoms with Crippen LogP contribution in [0.4, 0.5) is 0 Å². The van der Waals surface area contributed by atoms with Crippen molar-refractivity contribution >= 4 is 16.8 Å². The molecule has 4 rings (SSSR count). The van der Waals surface area contributed by atoms with E-state index in [1.807, 2.05) is 19.1 Å². The molecule has 33 heavy (non-hydrogen) atoms. The largest absolute Gasteiger partial charge is 0.374 e. The smallest absolute Gasteiger partial charge is 0.258 e. The molecular formula is C27H35N3O3. The number of fused-ring (bicyclic) bond motifs is 1. The zero-order chi connectivity index (χ0) is 23.9. The van der Waals surface area contributed by atoms with Gasteiger partial charge in [-0.3, -0.25) is 9.59 Å².